The lowest BCUT2D eigenvalue weighted by Gasteiger charge is -2.45. The molecule has 2 saturated carbocycles. The summed E-state index contributed by atoms with van der Waals surface area (Å²) in [5.41, 5.74) is 11.2. The van der Waals surface area contributed by atoms with E-state index in [1.807, 2.05) is 0 Å². The van der Waals surface area contributed by atoms with E-state index < -0.39 is 0 Å². The topological polar surface area (TPSA) is 53.7 Å². The van der Waals surface area contributed by atoms with Crippen LogP contribution in [-0.2, 0) is 5.41 Å². The molecule has 0 aliphatic heterocycles. The molecule has 0 saturated heterocycles. The minimum Gasteiger partial charge on any atom is -0.420 e. The second-order valence-electron chi connectivity index (χ2n) is 18.5. The summed E-state index contributed by atoms with van der Waals surface area (Å²) in [5.74, 6) is 3.69. The van der Waals surface area contributed by atoms with Gasteiger partial charge in [-0.1, -0.05) is 92.7 Å². The van der Waals surface area contributed by atoms with Crippen LogP contribution in [0.3, 0.4) is 0 Å². The fraction of sp³-hybridized carbons (Fsp3) is 0.200. The zero-order valence-corrected chi connectivity index (χ0v) is 34.4. The molecule has 11 aromatic rings. The van der Waals surface area contributed by atoms with E-state index in [4.69, 9.17) is 14.6 Å². The monoisotopic (exact) mass is 791 g/mol. The van der Waals surface area contributed by atoms with E-state index in [1.54, 1.807) is 0 Å². The van der Waals surface area contributed by atoms with Crippen LogP contribution < -0.4 is 0 Å². The van der Waals surface area contributed by atoms with E-state index in [1.165, 1.54) is 73.6 Å². The number of fused-ring (bicyclic) bond motifs is 11. The normalized spacial score (nSPS) is 20.5. The second-order valence-corrected chi connectivity index (χ2v) is 18.5. The van der Waals surface area contributed by atoms with E-state index >= 15 is 0 Å². The van der Waals surface area contributed by atoms with E-state index in [-0.39, 0.29) is 5.41 Å². The third kappa shape index (κ3) is 5.27. The highest BCUT2D eigenvalue weighted by molar-refractivity contribution is 6.14. The van der Waals surface area contributed by atoms with Crippen molar-refractivity contribution in [2.45, 2.75) is 51.4 Å². The first-order valence-corrected chi connectivity index (χ1v) is 22.0. The fourth-order valence-electron chi connectivity index (χ4n) is 12.1. The molecule has 2 atom stereocenters. The van der Waals surface area contributed by atoms with Crippen molar-refractivity contribution in [1.82, 2.24) is 23.9 Å². The standard InChI is InChI=1S/C55H45N5O/c1-34-26-35-28-36(27-34)33-55(2,32-35)54-57-56-53(61-54)37-12-11-13-38(29-37)58-51-24-22-39(59-47-18-7-3-14-41(47)42-15-4-8-19-48(42)59)30-45(51)46-31-40(23-25-52(46)58)60-49-20-9-5-16-43(49)44-17-6-10-21-50(44)60/h3-25,29-31,34-36H,26-28,32-33H2,1-2H3. The Morgan fingerprint density at radius 2 is 0.902 bits per heavy atom. The summed E-state index contributed by atoms with van der Waals surface area (Å²) in [4.78, 5) is 0. The van der Waals surface area contributed by atoms with Crippen LogP contribution in [0.5, 0.6) is 0 Å². The molecule has 2 aliphatic rings. The highest BCUT2D eigenvalue weighted by Crippen LogP contribution is 2.51. The quantitative estimate of drug-likeness (QED) is 0.174. The highest BCUT2D eigenvalue weighted by Gasteiger charge is 2.45. The Bertz CT molecular complexity index is 3250. The third-order valence-electron chi connectivity index (χ3n) is 14.3. The van der Waals surface area contributed by atoms with Crippen molar-refractivity contribution in [3.05, 3.63) is 164 Å². The van der Waals surface area contributed by atoms with Gasteiger partial charge in [-0.2, -0.15) is 0 Å². The van der Waals surface area contributed by atoms with Gasteiger partial charge in [0.1, 0.15) is 0 Å². The third-order valence-corrected chi connectivity index (χ3v) is 14.3. The summed E-state index contributed by atoms with van der Waals surface area (Å²) in [6, 6.07) is 57.5. The van der Waals surface area contributed by atoms with Crippen LogP contribution in [0, 0.1) is 17.8 Å². The van der Waals surface area contributed by atoms with Crippen LogP contribution in [0.1, 0.15) is 51.8 Å². The van der Waals surface area contributed by atoms with Crippen LogP contribution in [-0.4, -0.2) is 23.9 Å². The SMILES string of the molecule is CC1CC2CC(C1)CC(C)(c1nnc(-c3cccc(-n4c5ccc(-n6c7ccccc7c7ccccc76)cc5c5cc(-n6c7ccccc7c7ccccc76)ccc54)c3)o1)C2. The Labute approximate surface area is 353 Å². The molecule has 7 aromatic carbocycles. The summed E-state index contributed by atoms with van der Waals surface area (Å²) >= 11 is 0. The van der Waals surface area contributed by atoms with Crippen LogP contribution in [0.15, 0.2) is 162 Å². The second kappa shape index (κ2) is 13.0. The number of aromatic nitrogens is 5. The van der Waals surface area contributed by atoms with Gasteiger partial charge >= 0.3 is 0 Å². The Morgan fingerprint density at radius 3 is 1.39 bits per heavy atom. The lowest BCUT2D eigenvalue weighted by Crippen LogP contribution is -2.39. The number of benzene rings is 7. The Balaban J connectivity index is 1.00. The first-order valence-electron chi connectivity index (χ1n) is 22.0. The van der Waals surface area contributed by atoms with Crippen LogP contribution in [0.2, 0.25) is 0 Å². The zero-order valence-electron chi connectivity index (χ0n) is 34.4. The van der Waals surface area contributed by atoms with Crippen LogP contribution in [0.4, 0.5) is 0 Å². The van der Waals surface area contributed by atoms with Gasteiger partial charge < -0.3 is 18.1 Å². The van der Waals surface area contributed by atoms with E-state index in [0.717, 1.165) is 70.1 Å². The number of nitrogens with zero attached hydrogens (tertiary/aromatic N) is 5. The van der Waals surface area contributed by atoms with E-state index in [9.17, 15) is 0 Å². The largest absolute Gasteiger partial charge is 0.420 e. The van der Waals surface area contributed by atoms with Crippen LogP contribution in [0.25, 0.3) is 93.9 Å². The molecule has 2 aliphatic carbocycles. The Morgan fingerprint density at radius 1 is 0.459 bits per heavy atom. The molecule has 0 amide bonds. The fourth-order valence-corrected chi connectivity index (χ4v) is 12.1. The van der Waals surface area contributed by atoms with Gasteiger partial charge in [-0.3, -0.25) is 0 Å². The lowest BCUT2D eigenvalue weighted by molar-refractivity contribution is 0.0763. The number of hydrogen-bond donors (Lipinski definition) is 0. The van der Waals surface area contributed by atoms with Crippen molar-refractivity contribution < 1.29 is 4.42 Å². The Hall–Kier alpha value is -6.92. The van der Waals surface area contributed by atoms with Crippen molar-refractivity contribution >= 4 is 65.4 Å². The molecule has 4 aromatic heterocycles. The molecular formula is C55H45N5O. The summed E-state index contributed by atoms with van der Waals surface area (Å²) in [5, 5.41) is 16.9. The lowest BCUT2D eigenvalue weighted by atomic mass is 9.59. The van der Waals surface area contributed by atoms with Crippen LogP contribution >= 0.6 is 0 Å². The maximum atomic E-state index is 6.67. The van der Waals surface area contributed by atoms with Crippen molar-refractivity contribution in [2.75, 3.05) is 0 Å². The number of rotatable bonds is 5. The molecule has 2 fully saturated rings. The molecule has 6 heteroatoms. The average Bonchev–Trinajstić information content (AvgIpc) is 4.06. The predicted molar refractivity (Wildman–Crippen MR) is 249 cm³/mol. The highest BCUT2D eigenvalue weighted by atomic mass is 16.4. The van der Waals surface area contributed by atoms with Crippen molar-refractivity contribution in [2.24, 2.45) is 17.8 Å². The predicted octanol–water partition coefficient (Wildman–Crippen LogP) is 14.1. The van der Waals surface area contributed by atoms with Gasteiger partial charge in [0.2, 0.25) is 11.8 Å². The molecule has 0 spiro atoms. The van der Waals surface area contributed by atoms with Gasteiger partial charge in [0, 0.05) is 60.4 Å². The summed E-state index contributed by atoms with van der Waals surface area (Å²) in [7, 11) is 0. The summed E-state index contributed by atoms with van der Waals surface area (Å²) < 4.78 is 13.9. The molecule has 2 unspecified atom stereocenters. The van der Waals surface area contributed by atoms with Crippen molar-refractivity contribution in [3.63, 3.8) is 0 Å². The molecule has 6 nitrogen and oxygen atoms in total. The smallest absolute Gasteiger partial charge is 0.247 e. The van der Waals surface area contributed by atoms with E-state index in [0.29, 0.717) is 5.89 Å². The molecule has 61 heavy (non-hydrogen) atoms. The minimum absolute atomic E-state index is 0.0778. The van der Waals surface area contributed by atoms with Crippen molar-refractivity contribution in [1.29, 1.82) is 0 Å². The van der Waals surface area contributed by atoms with Gasteiger partial charge in [0.25, 0.3) is 0 Å². The van der Waals surface area contributed by atoms with Gasteiger partial charge in [-0.25, -0.2) is 0 Å². The maximum Gasteiger partial charge on any atom is 0.247 e. The maximum absolute atomic E-state index is 6.67. The Kier molecular flexibility index (Phi) is 7.46. The van der Waals surface area contributed by atoms with E-state index in [2.05, 4.69) is 185 Å². The van der Waals surface area contributed by atoms with Gasteiger partial charge in [-0.15, -0.1) is 10.2 Å². The molecular weight excluding hydrogens is 747 g/mol. The molecule has 0 radical (unpaired) electrons. The first-order chi connectivity index (χ1) is 30.0. The average molecular weight is 792 g/mol. The number of hydrogen-bond acceptors (Lipinski definition) is 3. The minimum atomic E-state index is -0.0778. The number of para-hydroxylation sites is 4. The molecule has 4 heterocycles. The van der Waals surface area contributed by atoms with Gasteiger partial charge in [0.05, 0.1) is 33.1 Å². The molecule has 2 bridgehead atoms. The summed E-state index contributed by atoms with van der Waals surface area (Å²) in [6.07, 6.45) is 6.23. The van der Waals surface area contributed by atoms with Gasteiger partial charge in [-0.05, 0) is 129 Å². The van der Waals surface area contributed by atoms with Crippen molar-refractivity contribution in [3.8, 4) is 28.5 Å². The zero-order chi connectivity index (χ0) is 40.4. The summed E-state index contributed by atoms with van der Waals surface area (Å²) in [6.45, 7) is 4.78. The van der Waals surface area contributed by atoms with Gasteiger partial charge in [0.15, 0.2) is 0 Å². The molecule has 0 N–H and O–H groups in total. The molecule has 296 valence electrons. The molecule has 13 rings (SSSR count). The first kappa shape index (κ1) is 34.9.